The number of aromatic nitrogens is 1. The molecule has 1 aromatic heterocycles. The van der Waals surface area contributed by atoms with E-state index in [0.29, 0.717) is 16.7 Å². The van der Waals surface area contributed by atoms with E-state index in [9.17, 15) is 14.4 Å². The maximum Gasteiger partial charge on any atom is 0.167 e. The monoisotopic (exact) mass is 314 g/mol. The first-order chi connectivity index (χ1) is 11.1. The summed E-state index contributed by atoms with van der Waals surface area (Å²) < 4.78 is 24.6. The lowest BCUT2D eigenvalue weighted by atomic mass is 10.2. The summed E-state index contributed by atoms with van der Waals surface area (Å²) >= 11 is 0. The number of hydrogen-bond acceptors (Lipinski definition) is 6. The van der Waals surface area contributed by atoms with Gasteiger partial charge in [0.05, 0.1) is 12.6 Å². The first-order valence-electron chi connectivity index (χ1n) is 6.59. The molecule has 7 heteroatoms. The van der Waals surface area contributed by atoms with Crippen molar-refractivity contribution in [3.8, 4) is 23.0 Å². The van der Waals surface area contributed by atoms with Gasteiger partial charge in [0.15, 0.2) is 23.1 Å². The molecule has 0 amide bonds. The van der Waals surface area contributed by atoms with Crippen LogP contribution in [-0.2, 0) is 0 Å². The molecule has 3 aromatic rings. The summed E-state index contributed by atoms with van der Waals surface area (Å²) in [4.78, 5) is 14.5. The van der Waals surface area contributed by atoms with Crippen LogP contribution in [-0.4, -0.2) is 17.2 Å². The number of phenolic OH excluding ortho intramolecular Hbond substituents is 1. The van der Waals surface area contributed by atoms with Crippen LogP contribution in [0.15, 0.2) is 47.8 Å². The normalized spacial score (nSPS) is 10.5. The number of halogens is 1. The Kier molecular flexibility index (Phi) is 3.76. The lowest BCUT2D eigenvalue weighted by Crippen LogP contribution is -1.92. The van der Waals surface area contributed by atoms with E-state index in [0.717, 1.165) is 6.07 Å². The molecule has 0 saturated heterocycles. The molecule has 0 spiro atoms. The predicted molar refractivity (Wildman–Crippen MR) is 81.9 cm³/mol. The number of nitrogens with zero attached hydrogens (tertiary/aromatic N) is 2. The van der Waals surface area contributed by atoms with Crippen molar-refractivity contribution in [3.63, 3.8) is 0 Å². The molecule has 0 bridgehead atoms. The molecule has 0 saturated carbocycles. The van der Waals surface area contributed by atoms with Crippen molar-refractivity contribution in [2.24, 2.45) is 5.18 Å². The highest BCUT2D eigenvalue weighted by Crippen LogP contribution is 2.37. The van der Waals surface area contributed by atoms with E-state index in [1.807, 2.05) is 0 Å². The molecule has 0 atom stereocenters. The molecule has 1 heterocycles. The topological polar surface area (TPSA) is 81.0 Å². The summed E-state index contributed by atoms with van der Waals surface area (Å²) in [5.74, 6) is -0.248. The van der Waals surface area contributed by atoms with Crippen LogP contribution in [0.5, 0.6) is 23.0 Å². The fourth-order valence-corrected chi connectivity index (χ4v) is 2.14. The minimum Gasteiger partial charge on any atom is -0.504 e. The Labute approximate surface area is 130 Å². The Hall–Kier alpha value is -3.22. The van der Waals surface area contributed by atoms with Gasteiger partial charge in [0.1, 0.15) is 11.4 Å². The Morgan fingerprint density at radius 1 is 1.13 bits per heavy atom. The fraction of sp³-hybridized carbons (Fsp3) is 0.0625. The van der Waals surface area contributed by atoms with E-state index in [-0.39, 0.29) is 22.9 Å². The molecule has 6 nitrogen and oxygen atoms in total. The van der Waals surface area contributed by atoms with Crippen LogP contribution in [0.3, 0.4) is 0 Å². The van der Waals surface area contributed by atoms with Crippen molar-refractivity contribution in [2.75, 3.05) is 7.11 Å². The van der Waals surface area contributed by atoms with Crippen LogP contribution in [0, 0.1) is 10.7 Å². The van der Waals surface area contributed by atoms with Gasteiger partial charge in [-0.3, -0.25) is 4.98 Å². The standard InChI is InChI=1S/C16H11FN2O4/c1-22-16-7-10-12(8-13(16)20)18-5-4-14(10)23-15-3-2-9(19-21)6-11(15)17/h2-8,20H,1H3. The number of pyridine rings is 1. The van der Waals surface area contributed by atoms with E-state index in [2.05, 4.69) is 10.2 Å². The quantitative estimate of drug-likeness (QED) is 0.727. The predicted octanol–water partition coefficient (Wildman–Crippen LogP) is 4.28. The molecule has 0 aliphatic carbocycles. The Morgan fingerprint density at radius 3 is 2.65 bits per heavy atom. The zero-order chi connectivity index (χ0) is 16.4. The highest BCUT2D eigenvalue weighted by atomic mass is 19.1. The Morgan fingerprint density at radius 2 is 1.96 bits per heavy atom. The molecule has 0 fully saturated rings. The fourth-order valence-electron chi connectivity index (χ4n) is 2.14. The number of phenols is 1. The second-order valence-electron chi connectivity index (χ2n) is 4.66. The smallest absolute Gasteiger partial charge is 0.167 e. The molecule has 3 rings (SSSR count). The second-order valence-corrected chi connectivity index (χ2v) is 4.66. The molecule has 0 radical (unpaired) electrons. The largest absolute Gasteiger partial charge is 0.504 e. The van der Waals surface area contributed by atoms with E-state index in [1.165, 1.54) is 31.5 Å². The summed E-state index contributed by atoms with van der Waals surface area (Å²) in [6.45, 7) is 0. The maximum absolute atomic E-state index is 13.9. The van der Waals surface area contributed by atoms with Crippen molar-refractivity contribution in [3.05, 3.63) is 53.3 Å². The number of fused-ring (bicyclic) bond motifs is 1. The first kappa shape index (κ1) is 14.7. The van der Waals surface area contributed by atoms with Crippen LogP contribution in [0.1, 0.15) is 0 Å². The number of ether oxygens (including phenoxy) is 2. The van der Waals surface area contributed by atoms with Crippen molar-refractivity contribution in [1.82, 2.24) is 4.98 Å². The number of benzene rings is 2. The number of rotatable bonds is 4. The van der Waals surface area contributed by atoms with Crippen LogP contribution in [0.2, 0.25) is 0 Å². The molecule has 23 heavy (non-hydrogen) atoms. The van der Waals surface area contributed by atoms with Gasteiger partial charge in [-0.15, -0.1) is 4.91 Å². The molecule has 116 valence electrons. The lowest BCUT2D eigenvalue weighted by Gasteiger charge is -2.11. The van der Waals surface area contributed by atoms with Gasteiger partial charge in [0, 0.05) is 23.7 Å². The van der Waals surface area contributed by atoms with Crippen LogP contribution in [0.4, 0.5) is 10.1 Å². The third-order valence-electron chi connectivity index (χ3n) is 3.24. The minimum atomic E-state index is -0.710. The number of aromatic hydroxyl groups is 1. The second kappa shape index (κ2) is 5.88. The van der Waals surface area contributed by atoms with Gasteiger partial charge < -0.3 is 14.6 Å². The van der Waals surface area contributed by atoms with Gasteiger partial charge in [-0.25, -0.2) is 4.39 Å². The summed E-state index contributed by atoms with van der Waals surface area (Å²) in [6.07, 6.45) is 1.48. The maximum atomic E-state index is 13.9. The van der Waals surface area contributed by atoms with Crippen LogP contribution in [0.25, 0.3) is 10.9 Å². The van der Waals surface area contributed by atoms with Gasteiger partial charge in [-0.2, -0.15) is 0 Å². The average molecular weight is 314 g/mol. The third-order valence-corrected chi connectivity index (χ3v) is 3.24. The Balaban J connectivity index is 2.08. The third kappa shape index (κ3) is 2.76. The minimum absolute atomic E-state index is 0.0268. The molecule has 2 aromatic carbocycles. The average Bonchev–Trinajstić information content (AvgIpc) is 2.56. The van der Waals surface area contributed by atoms with Gasteiger partial charge in [-0.05, 0) is 29.4 Å². The van der Waals surface area contributed by atoms with Crippen LogP contribution < -0.4 is 9.47 Å². The molecule has 0 aliphatic rings. The number of methoxy groups -OCH3 is 1. The van der Waals surface area contributed by atoms with Crippen molar-refractivity contribution < 1.29 is 19.0 Å². The van der Waals surface area contributed by atoms with Gasteiger partial charge in [0.25, 0.3) is 0 Å². The molecule has 0 unspecified atom stereocenters. The molecular formula is C16H11FN2O4. The first-order valence-corrected chi connectivity index (χ1v) is 6.59. The highest BCUT2D eigenvalue weighted by Gasteiger charge is 2.12. The van der Waals surface area contributed by atoms with Crippen LogP contribution >= 0.6 is 0 Å². The summed E-state index contributed by atoms with van der Waals surface area (Å²) in [7, 11) is 1.42. The number of hydrogen-bond donors (Lipinski definition) is 1. The van der Waals surface area contributed by atoms with E-state index in [1.54, 1.807) is 12.1 Å². The van der Waals surface area contributed by atoms with Crippen molar-refractivity contribution >= 4 is 16.6 Å². The SMILES string of the molecule is COc1cc2c(Oc3ccc(N=O)cc3F)ccnc2cc1O. The summed E-state index contributed by atoms with van der Waals surface area (Å²) in [5, 5.41) is 13.0. The molecule has 0 aliphatic heterocycles. The van der Waals surface area contributed by atoms with E-state index in [4.69, 9.17) is 9.47 Å². The summed E-state index contributed by atoms with van der Waals surface area (Å²) in [5.41, 5.74) is 0.438. The Bertz CT molecular complexity index is 899. The van der Waals surface area contributed by atoms with Gasteiger partial charge >= 0.3 is 0 Å². The van der Waals surface area contributed by atoms with Crippen molar-refractivity contribution in [1.29, 1.82) is 0 Å². The van der Waals surface area contributed by atoms with Gasteiger partial charge in [-0.1, -0.05) is 0 Å². The van der Waals surface area contributed by atoms with Crippen molar-refractivity contribution in [2.45, 2.75) is 0 Å². The summed E-state index contributed by atoms with van der Waals surface area (Å²) in [6, 6.07) is 8.18. The molecular weight excluding hydrogens is 303 g/mol. The van der Waals surface area contributed by atoms with E-state index >= 15 is 0 Å². The number of nitroso groups, excluding NO2 is 1. The lowest BCUT2D eigenvalue weighted by molar-refractivity contribution is 0.374. The zero-order valence-corrected chi connectivity index (χ0v) is 12.0. The zero-order valence-electron chi connectivity index (χ0n) is 12.0. The highest BCUT2D eigenvalue weighted by molar-refractivity contribution is 5.88. The van der Waals surface area contributed by atoms with E-state index < -0.39 is 5.82 Å². The molecule has 1 N–H and O–H groups in total. The van der Waals surface area contributed by atoms with Gasteiger partial charge in [0.2, 0.25) is 0 Å².